The molecule has 0 spiro atoms. The Balaban J connectivity index is 2.47. The lowest BCUT2D eigenvalue weighted by Crippen LogP contribution is -2.41. The van der Waals surface area contributed by atoms with Crippen LogP contribution in [0.1, 0.15) is 10.4 Å². The number of carbonyl (C=O) groups is 2. The number of carboxylic acids is 1. The summed E-state index contributed by atoms with van der Waals surface area (Å²) in [7, 11) is 1.57. The van der Waals surface area contributed by atoms with Crippen molar-refractivity contribution in [3.05, 3.63) is 48.3 Å². The first-order valence-electron chi connectivity index (χ1n) is 6.20. The van der Waals surface area contributed by atoms with E-state index in [4.69, 9.17) is 15.6 Å². The van der Waals surface area contributed by atoms with E-state index in [0.29, 0.717) is 11.3 Å². The van der Waals surface area contributed by atoms with Crippen molar-refractivity contribution in [2.45, 2.75) is 6.54 Å². The number of nitrogens with zero attached hydrogens (tertiary/aromatic N) is 1. The fraction of sp³-hybridized carbons (Fsp3) is 0.133. The molecule has 0 fully saturated rings. The predicted octanol–water partition coefficient (Wildman–Crippen LogP) is 0.833. The number of aromatic nitrogens is 1. The first-order chi connectivity index (χ1) is 9.99. The Bertz CT molecular complexity index is 681. The van der Waals surface area contributed by atoms with Crippen molar-refractivity contribution in [1.29, 1.82) is 0 Å². The highest BCUT2D eigenvalue weighted by Crippen LogP contribution is 2.22. The molecule has 0 aliphatic carbocycles. The van der Waals surface area contributed by atoms with Crippen molar-refractivity contribution in [3.63, 3.8) is 0 Å². The van der Waals surface area contributed by atoms with Crippen LogP contribution in [0.5, 0.6) is 5.75 Å². The van der Waals surface area contributed by atoms with E-state index in [1.54, 1.807) is 31.5 Å². The van der Waals surface area contributed by atoms with E-state index in [-0.39, 0.29) is 12.1 Å². The highest BCUT2D eigenvalue weighted by atomic mass is 16.5. The number of carboxylic acid groups (broad SMARTS) is 1. The number of primary amides is 1. The SMILES string of the molecule is COc1ccc(-c2cc(C(=O)O)c[n+](CC(N)=O)c2)cc1. The van der Waals surface area contributed by atoms with Crippen molar-refractivity contribution >= 4 is 11.9 Å². The molecule has 0 radical (unpaired) electrons. The maximum atomic E-state index is 11.2. The van der Waals surface area contributed by atoms with E-state index in [1.807, 2.05) is 12.1 Å². The topological polar surface area (TPSA) is 93.5 Å². The lowest BCUT2D eigenvalue weighted by Gasteiger charge is -2.04. The summed E-state index contributed by atoms with van der Waals surface area (Å²) < 4.78 is 6.55. The van der Waals surface area contributed by atoms with Gasteiger partial charge in [-0.05, 0) is 23.8 Å². The summed E-state index contributed by atoms with van der Waals surface area (Å²) in [5.74, 6) is -0.898. The molecule has 21 heavy (non-hydrogen) atoms. The van der Waals surface area contributed by atoms with Crippen LogP contribution in [-0.4, -0.2) is 24.1 Å². The van der Waals surface area contributed by atoms with Gasteiger partial charge in [-0.15, -0.1) is 0 Å². The monoisotopic (exact) mass is 287 g/mol. The first kappa shape index (κ1) is 14.5. The van der Waals surface area contributed by atoms with Crippen LogP contribution < -0.4 is 15.0 Å². The molecule has 6 heteroatoms. The minimum Gasteiger partial charge on any atom is -0.497 e. The summed E-state index contributed by atoms with van der Waals surface area (Å²) in [5, 5.41) is 9.15. The second-order valence-corrected chi connectivity index (χ2v) is 4.49. The quantitative estimate of drug-likeness (QED) is 0.797. The van der Waals surface area contributed by atoms with Gasteiger partial charge in [0.25, 0.3) is 5.91 Å². The van der Waals surface area contributed by atoms with Crippen molar-refractivity contribution in [2.75, 3.05) is 7.11 Å². The van der Waals surface area contributed by atoms with Gasteiger partial charge in [-0.1, -0.05) is 12.1 Å². The summed E-state index contributed by atoms with van der Waals surface area (Å²) in [4.78, 5) is 22.2. The molecule has 0 aliphatic rings. The van der Waals surface area contributed by atoms with Gasteiger partial charge >= 0.3 is 5.97 Å². The molecule has 1 amide bonds. The highest BCUT2D eigenvalue weighted by Gasteiger charge is 2.15. The van der Waals surface area contributed by atoms with Crippen molar-refractivity contribution < 1.29 is 24.0 Å². The normalized spacial score (nSPS) is 10.1. The molecule has 1 aromatic heterocycles. The van der Waals surface area contributed by atoms with Crippen LogP contribution in [0.25, 0.3) is 11.1 Å². The molecule has 0 unspecified atom stereocenters. The van der Waals surface area contributed by atoms with Gasteiger partial charge in [0.2, 0.25) is 6.54 Å². The molecule has 3 N–H and O–H groups in total. The second kappa shape index (κ2) is 6.04. The average molecular weight is 287 g/mol. The van der Waals surface area contributed by atoms with Crippen LogP contribution in [-0.2, 0) is 11.3 Å². The van der Waals surface area contributed by atoms with Gasteiger partial charge in [0.05, 0.1) is 7.11 Å². The molecule has 0 atom stereocenters. The van der Waals surface area contributed by atoms with E-state index in [0.717, 1.165) is 5.56 Å². The number of amides is 1. The summed E-state index contributed by atoms with van der Waals surface area (Å²) in [6.45, 7) is -0.0791. The minimum atomic E-state index is -1.07. The number of hydrogen-bond donors (Lipinski definition) is 2. The zero-order valence-electron chi connectivity index (χ0n) is 11.4. The van der Waals surface area contributed by atoms with Gasteiger partial charge < -0.3 is 15.6 Å². The number of carbonyl (C=O) groups excluding carboxylic acids is 1. The molecule has 1 heterocycles. The first-order valence-corrected chi connectivity index (χ1v) is 6.20. The molecule has 108 valence electrons. The van der Waals surface area contributed by atoms with Gasteiger partial charge in [0.1, 0.15) is 11.3 Å². The largest absolute Gasteiger partial charge is 0.497 e. The predicted molar refractivity (Wildman–Crippen MR) is 74.8 cm³/mol. The smallest absolute Gasteiger partial charge is 0.341 e. The van der Waals surface area contributed by atoms with E-state index in [9.17, 15) is 9.59 Å². The summed E-state index contributed by atoms with van der Waals surface area (Å²) in [6.07, 6.45) is 3.05. The van der Waals surface area contributed by atoms with Crippen molar-refractivity contribution in [1.82, 2.24) is 0 Å². The lowest BCUT2D eigenvalue weighted by atomic mass is 10.1. The zero-order chi connectivity index (χ0) is 15.4. The number of rotatable bonds is 5. The third kappa shape index (κ3) is 3.56. The fourth-order valence-electron chi connectivity index (χ4n) is 1.97. The molecule has 0 bridgehead atoms. The molecule has 1 aromatic carbocycles. The molecule has 0 saturated carbocycles. The highest BCUT2D eigenvalue weighted by molar-refractivity contribution is 5.88. The minimum absolute atomic E-state index is 0.0791. The van der Waals surface area contributed by atoms with Gasteiger partial charge in [0.15, 0.2) is 12.4 Å². The Morgan fingerprint density at radius 2 is 1.86 bits per heavy atom. The van der Waals surface area contributed by atoms with Gasteiger partial charge in [-0.25, -0.2) is 4.79 Å². The van der Waals surface area contributed by atoms with Crippen LogP contribution >= 0.6 is 0 Å². The summed E-state index contributed by atoms with van der Waals surface area (Å²) in [6, 6.07) is 8.73. The third-order valence-electron chi connectivity index (χ3n) is 2.93. The van der Waals surface area contributed by atoms with Gasteiger partial charge in [0, 0.05) is 5.56 Å². The maximum Gasteiger partial charge on any atom is 0.341 e. The van der Waals surface area contributed by atoms with Crippen LogP contribution in [0.2, 0.25) is 0 Å². The Labute approximate surface area is 121 Å². The van der Waals surface area contributed by atoms with Gasteiger partial charge in [-0.3, -0.25) is 4.79 Å². The van der Waals surface area contributed by atoms with Crippen LogP contribution in [0, 0.1) is 0 Å². The van der Waals surface area contributed by atoms with E-state index >= 15 is 0 Å². The van der Waals surface area contributed by atoms with E-state index in [1.165, 1.54) is 10.8 Å². The number of benzene rings is 1. The molecule has 2 aromatic rings. The number of methoxy groups -OCH3 is 1. The zero-order valence-corrected chi connectivity index (χ0v) is 11.4. The van der Waals surface area contributed by atoms with E-state index < -0.39 is 11.9 Å². The average Bonchev–Trinajstić information content (AvgIpc) is 2.46. The maximum absolute atomic E-state index is 11.2. The van der Waals surface area contributed by atoms with Crippen LogP contribution in [0.4, 0.5) is 0 Å². The van der Waals surface area contributed by atoms with Crippen molar-refractivity contribution in [3.8, 4) is 16.9 Å². The van der Waals surface area contributed by atoms with Crippen LogP contribution in [0.15, 0.2) is 42.7 Å². The molecule has 2 rings (SSSR count). The molecule has 0 saturated heterocycles. The van der Waals surface area contributed by atoms with Crippen LogP contribution in [0.3, 0.4) is 0 Å². The lowest BCUT2D eigenvalue weighted by molar-refractivity contribution is -0.683. The Morgan fingerprint density at radius 3 is 2.38 bits per heavy atom. The Hall–Kier alpha value is -2.89. The van der Waals surface area contributed by atoms with Gasteiger partial charge in [-0.2, -0.15) is 4.57 Å². The molecular weight excluding hydrogens is 272 g/mol. The number of ether oxygens (including phenoxy) is 1. The Kier molecular flexibility index (Phi) is 4.18. The third-order valence-corrected chi connectivity index (χ3v) is 2.93. The Morgan fingerprint density at radius 1 is 1.19 bits per heavy atom. The number of pyridine rings is 1. The second-order valence-electron chi connectivity index (χ2n) is 4.49. The fourth-order valence-corrected chi connectivity index (χ4v) is 1.97. The summed E-state index contributed by atoms with van der Waals surface area (Å²) in [5.41, 5.74) is 6.74. The van der Waals surface area contributed by atoms with Crippen molar-refractivity contribution in [2.24, 2.45) is 5.73 Å². The molecule has 0 aliphatic heterocycles. The summed E-state index contributed by atoms with van der Waals surface area (Å²) >= 11 is 0. The standard InChI is InChI=1S/C15H14N2O4/c1-21-13-4-2-10(3-5-13)11-6-12(15(19)20)8-17(7-11)9-14(16)18/h2-8H,9H2,1H3,(H2-,16,18,19,20)/p+1. The number of hydrogen-bond acceptors (Lipinski definition) is 3. The number of aromatic carboxylic acids is 1. The molecule has 6 nitrogen and oxygen atoms in total. The van der Waals surface area contributed by atoms with E-state index in [2.05, 4.69) is 0 Å². The molecular formula is C15H15N2O4+. The number of nitrogens with two attached hydrogens (primary N) is 1.